The molecule has 0 bridgehead atoms. The van der Waals surface area contributed by atoms with Crippen molar-refractivity contribution in [2.75, 3.05) is 12.3 Å². The smallest absolute Gasteiger partial charge is 0.244 e. The first kappa shape index (κ1) is 16.2. The molecule has 1 aromatic carbocycles. The first-order valence-electron chi connectivity index (χ1n) is 6.76. The van der Waals surface area contributed by atoms with Gasteiger partial charge in [-0.05, 0) is 35.6 Å². The van der Waals surface area contributed by atoms with Crippen molar-refractivity contribution in [3.8, 4) is 0 Å². The van der Waals surface area contributed by atoms with Gasteiger partial charge >= 0.3 is 0 Å². The number of aliphatic hydroxyl groups is 1. The van der Waals surface area contributed by atoms with E-state index in [4.69, 9.17) is 5.73 Å². The Morgan fingerprint density at radius 3 is 2.75 bits per heavy atom. The van der Waals surface area contributed by atoms with Crippen LogP contribution in [0, 0.1) is 5.41 Å². The summed E-state index contributed by atoms with van der Waals surface area (Å²) < 4.78 is 0. The highest BCUT2D eigenvalue weighted by molar-refractivity contribution is 5.91. The maximum absolute atomic E-state index is 11.6. The number of rotatable bonds is 5. The van der Waals surface area contributed by atoms with Crippen LogP contribution in [-0.2, 0) is 4.79 Å². The van der Waals surface area contributed by atoms with Crippen molar-refractivity contribution in [1.82, 2.24) is 5.32 Å². The van der Waals surface area contributed by atoms with Crippen LogP contribution in [0.5, 0.6) is 0 Å². The fourth-order valence-corrected chi connectivity index (χ4v) is 1.89. The molecule has 0 saturated heterocycles. The second-order valence-electron chi connectivity index (χ2n) is 6.17. The average molecular weight is 276 g/mol. The molecule has 0 radical (unpaired) electrons. The summed E-state index contributed by atoms with van der Waals surface area (Å²) in [5.41, 5.74) is 7.23. The lowest BCUT2D eigenvalue weighted by Crippen LogP contribution is -2.33. The van der Waals surface area contributed by atoms with E-state index in [1.54, 1.807) is 18.2 Å². The molecule has 0 heterocycles. The van der Waals surface area contributed by atoms with Crippen LogP contribution >= 0.6 is 0 Å². The fraction of sp³-hybridized carbons (Fsp3) is 0.438. The van der Waals surface area contributed by atoms with Crippen molar-refractivity contribution in [3.63, 3.8) is 0 Å². The minimum absolute atomic E-state index is 0.0432. The molecule has 20 heavy (non-hydrogen) atoms. The summed E-state index contributed by atoms with van der Waals surface area (Å²) in [4.78, 5) is 11.6. The molecule has 1 unspecified atom stereocenters. The van der Waals surface area contributed by atoms with Crippen molar-refractivity contribution in [2.45, 2.75) is 33.3 Å². The van der Waals surface area contributed by atoms with E-state index in [0.29, 0.717) is 12.1 Å². The summed E-state index contributed by atoms with van der Waals surface area (Å²) in [5, 5.41) is 12.5. The number of hydrogen-bond donors (Lipinski definition) is 3. The van der Waals surface area contributed by atoms with E-state index in [-0.39, 0.29) is 17.9 Å². The van der Waals surface area contributed by atoms with Crippen molar-refractivity contribution in [2.24, 2.45) is 5.41 Å². The molecule has 0 aliphatic carbocycles. The van der Waals surface area contributed by atoms with Gasteiger partial charge in [-0.1, -0.05) is 32.9 Å². The Bertz CT molecular complexity index is 476. The maximum atomic E-state index is 11.6. The number of benzene rings is 1. The van der Waals surface area contributed by atoms with Crippen LogP contribution in [0.4, 0.5) is 5.69 Å². The van der Waals surface area contributed by atoms with Crippen LogP contribution in [0.3, 0.4) is 0 Å². The summed E-state index contributed by atoms with van der Waals surface area (Å²) in [7, 11) is 0. The van der Waals surface area contributed by atoms with Gasteiger partial charge in [0.25, 0.3) is 0 Å². The third-order valence-corrected chi connectivity index (χ3v) is 2.70. The minimum Gasteiger partial charge on any atom is -0.399 e. The maximum Gasteiger partial charge on any atom is 0.244 e. The summed E-state index contributed by atoms with van der Waals surface area (Å²) in [6.07, 6.45) is 3.26. The zero-order valence-electron chi connectivity index (χ0n) is 12.4. The summed E-state index contributed by atoms with van der Waals surface area (Å²) >= 11 is 0. The first-order chi connectivity index (χ1) is 9.26. The molecule has 0 fully saturated rings. The van der Waals surface area contributed by atoms with Gasteiger partial charge in [-0.2, -0.15) is 0 Å². The van der Waals surface area contributed by atoms with Gasteiger partial charge in [-0.3, -0.25) is 4.79 Å². The van der Waals surface area contributed by atoms with Crippen molar-refractivity contribution in [1.29, 1.82) is 0 Å². The number of nitrogens with one attached hydrogen (secondary N) is 1. The van der Waals surface area contributed by atoms with Gasteiger partial charge in [0.1, 0.15) is 0 Å². The van der Waals surface area contributed by atoms with Gasteiger partial charge in [0.05, 0.1) is 6.10 Å². The molecule has 0 aromatic heterocycles. The highest BCUT2D eigenvalue weighted by atomic mass is 16.3. The first-order valence-corrected chi connectivity index (χ1v) is 6.76. The Kier molecular flexibility index (Phi) is 5.77. The van der Waals surface area contributed by atoms with Gasteiger partial charge in [-0.15, -0.1) is 0 Å². The quantitative estimate of drug-likeness (QED) is 0.570. The van der Waals surface area contributed by atoms with E-state index in [1.807, 2.05) is 12.1 Å². The summed E-state index contributed by atoms with van der Waals surface area (Å²) in [5.74, 6) is -0.222. The monoisotopic (exact) mass is 276 g/mol. The molecular formula is C16H24N2O2. The highest BCUT2D eigenvalue weighted by Gasteiger charge is 2.16. The van der Waals surface area contributed by atoms with E-state index in [1.165, 1.54) is 6.08 Å². The Morgan fingerprint density at radius 2 is 2.15 bits per heavy atom. The lowest BCUT2D eigenvalue weighted by Gasteiger charge is -2.22. The van der Waals surface area contributed by atoms with E-state index >= 15 is 0 Å². The Balaban J connectivity index is 2.40. The lowest BCUT2D eigenvalue weighted by molar-refractivity contribution is -0.117. The molecule has 4 heteroatoms. The van der Waals surface area contributed by atoms with Crippen LogP contribution in [0.25, 0.3) is 6.08 Å². The van der Waals surface area contributed by atoms with Crippen LogP contribution in [-0.4, -0.2) is 23.7 Å². The summed E-state index contributed by atoms with van der Waals surface area (Å²) in [6.45, 7) is 6.42. The molecule has 1 atom stereocenters. The Labute approximate surface area is 120 Å². The van der Waals surface area contributed by atoms with E-state index < -0.39 is 6.10 Å². The number of nitrogens with two attached hydrogens (primary N) is 1. The fourth-order valence-electron chi connectivity index (χ4n) is 1.89. The van der Waals surface area contributed by atoms with Crippen LogP contribution in [0.1, 0.15) is 32.8 Å². The molecular weight excluding hydrogens is 252 g/mol. The highest BCUT2D eigenvalue weighted by Crippen LogP contribution is 2.20. The number of aliphatic hydroxyl groups excluding tert-OH is 1. The largest absolute Gasteiger partial charge is 0.399 e. The number of hydrogen-bond acceptors (Lipinski definition) is 3. The molecule has 0 aliphatic rings. The molecule has 0 saturated carbocycles. The molecule has 4 nitrogen and oxygen atoms in total. The van der Waals surface area contributed by atoms with Crippen LogP contribution in [0.15, 0.2) is 30.3 Å². The third kappa shape index (κ3) is 6.95. The Hall–Kier alpha value is -1.81. The third-order valence-electron chi connectivity index (χ3n) is 2.70. The standard InChI is InChI=1S/C16H24N2O2/c1-16(2,3)10-14(19)11-18-15(20)8-7-12-5-4-6-13(17)9-12/h4-9,14,19H,10-11,17H2,1-3H3,(H,18,20)/b8-7+. The van der Waals surface area contributed by atoms with Gasteiger partial charge in [0.15, 0.2) is 0 Å². The molecule has 4 N–H and O–H groups in total. The summed E-state index contributed by atoms with van der Waals surface area (Å²) in [6, 6.07) is 7.28. The lowest BCUT2D eigenvalue weighted by atomic mass is 9.89. The van der Waals surface area contributed by atoms with Gasteiger partial charge in [0.2, 0.25) is 5.91 Å². The SMILES string of the molecule is CC(C)(C)CC(O)CNC(=O)/C=C/c1cccc(N)c1. The van der Waals surface area contributed by atoms with E-state index in [9.17, 15) is 9.90 Å². The van der Waals surface area contributed by atoms with Crippen molar-refractivity contribution in [3.05, 3.63) is 35.9 Å². The number of carbonyl (C=O) groups is 1. The van der Waals surface area contributed by atoms with Crippen LogP contribution in [0.2, 0.25) is 0 Å². The topological polar surface area (TPSA) is 75.3 Å². The van der Waals surface area contributed by atoms with Gasteiger partial charge < -0.3 is 16.2 Å². The van der Waals surface area contributed by atoms with E-state index in [0.717, 1.165) is 5.56 Å². The number of anilines is 1. The van der Waals surface area contributed by atoms with Crippen LogP contribution < -0.4 is 11.1 Å². The zero-order chi connectivity index (χ0) is 15.2. The molecule has 1 rings (SSSR count). The second-order valence-corrected chi connectivity index (χ2v) is 6.17. The minimum atomic E-state index is -0.528. The molecule has 110 valence electrons. The molecule has 0 aliphatic heterocycles. The normalized spacial score (nSPS) is 13.4. The number of amides is 1. The number of nitrogen functional groups attached to an aromatic ring is 1. The zero-order valence-corrected chi connectivity index (χ0v) is 12.4. The van der Waals surface area contributed by atoms with Gasteiger partial charge in [0, 0.05) is 18.3 Å². The second kappa shape index (κ2) is 7.10. The molecule has 0 spiro atoms. The Morgan fingerprint density at radius 1 is 1.45 bits per heavy atom. The molecule has 1 amide bonds. The molecule has 1 aromatic rings. The van der Waals surface area contributed by atoms with Crippen molar-refractivity contribution < 1.29 is 9.90 Å². The van der Waals surface area contributed by atoms with Crippen molar-refractivity contribution >= 4 is 17.7 Å². The predicted molar refractivity (Wildman–Crippen MR) is 83.0 cm³/mol. The number of carbonyl (C=O) groups excluding carboxylic acids is 1. The van der Waals surface area contributed by atoms with E-state index in [2.05, 4.69) is 26.1 Å². The van der Waals surface area contributed by atoms with Gasteiger partial charge in [-0.25, -0.2) is 0 Å². The average Bonchev–Trinajstić information content (AvgIpc) is 2.32. The predicted octanol–water partition coefficient (Wildman–Crippen LogP) is 2.20.